The van der Waals surface area contributed by atoms with Gasteiger partial charge in [-0.15, -0.1) is 0 Å². The van der Waals surface area contributed by atoms with Crippen molar-refractivity contribution in [2.75, 3.05) is 30.3 Å². The van der Waals surface area contributed by atoms with Crippen molar-refractivity contribution in [3.8, 4) is 5.75 Å². The van der Waals surface area contributed by atoms with Gasteiger partial charge in [-0.2, -0.15) is 0 Å². The number of aryl methyl sites for hydroxylation is 1. The van der Waals surface area contributed by atoms with E-state index in [1.807, 2.05) is 53.1 Å². The van der Waals surface area contributed by atoms with E-state index in [0.717, 1.165) is 66.5 Å². The minimum Gasteiger partial charge on any atom is -0.482 e. The number of hydrogen-bond donors (Lipinski definition) is 3. The van der Waals surface area contributed by atoms with Gasteiger partial charge in [0.2, 0.25) is 5.91 Å². The summed E-state index contributed by atoms with van der Waals surface area (Å²) in [5.74, 6) is 0.187. The van der Waals surface area contributed by atoms with Crippen LogP contribution in [0.4, 0.5) is 11.4 Å². The van der Waals surface area contributed by atoms with E-state index in [0.29, 0.717) is 55.2 Å². The number of hydrogen-bond acceptors (Lipinski definition) is 6. The molecule has 2 aliphatic heterocycles. The molecule has 46 heavy (non-hydrogen) atoms. The van der Waals surface area contributed by atoms with Gasteiger partial charge in [0.25, 0.3) is 17.7 Å². The van der Waals surface area contributed by atoms with E-state index in [-0.39, 0.29) is 36.3 Å². The summed E-state index contributed by atoms with van der Waals surface area (Å²) in [6, 6.07) is 16.9. The molecule has 0 radical (unpaired) electrons. The van der Waals surface area contributed by atoms with Crippen LogP contribution in [0.2, 0.25) is 0 Å². The van der Waals surface area contributed by atoms with Crippen molar-refractivity contribution in [2.45, 2.75) is 71.0 Å². The average Bonchev–Trinajstić information content (AvgIpc) is 3.90. The first kappa shape index (κ1) is 31.3. The fourth-order valence-corrected chi connectivity index (χ4v) is 6.20. The summed E-state index contributed by atoms with van der Waals surface area (Å²) in [5, 5.41) is 5.80. The molecule has 6 rings (SSSR count). The number of nitrogens with two attached hydrogens (primary N) is 1. The largest absolute Gasteiger partial charge is 0.482 e. The second kappa shape index (κ2) is 13.7. The Kier molecular flexibility index (Phi) is 9.35. The van der Waals surface area contributed by atoms with Gasteiger partial charge in [-0.1, -0.05) is 24.6 Å². The van der Waals surface area contributed by atoms with Gasteiger partial charge < -0.3 is 30.9 Å². The van der Waals surface area contributed by atoms with Gasteiger partial charge in [-0.05, 0) is 104 Å². The van der Waals surface area contributed by atoms with Crippen LogP contribution < -0.4 is 21.1 Å². The van der Waals surface area contributed by atoms with E-state index in [2.05, 4.69) is 10.6 Å². The molecular formula is C36H41N5O5. The van der Waals surface area contributed by atoms with Gasteiger partial charge in [0, 0.05) is 48.9 Å². The fourth-order valence-electron chi connectivity index (χ4n) is 6.20. The van der Waals surface area contributed by atoms with Crippen LogP contribution in [0.25, 0.3) is 0 Å². The minimum absolute atomic E-state index is 0.0693. The zero-order valence-electron chi connectivity index (χ0n) is 26.3. The lowest BCUT2D eigenvalue weighted by Gasteiger charge is -2.29. The number of carbonyl (C=O) groups excluding carboxylic acids is 4. The van der Waals surface area contributed by atoms with Crippen LogP contribution in [-0.4, -0.2) is 59.2 Å². The Morgan fingerprint density at radius 1 is 1.02 bits per heavy atom. The molecule has 0 saturated heterocycles. The highest BCUT2D eigenvalue weighted by atomic mass is 16.5. The molecule has 0 spiro atoms. The van der Waals surface area contributed by atoms with Crippen molar-refractivity contribution in [1.82, 2.24) is 9.80 Å². The predicted molar refractivity (Wildman–Crippen MR) is 176 cm³/mol. The van der Waals surface area contributed by atoms with E-state index >= 15 is 0 Å². The Labute approximate surface area is 269 Å². The number of nitrogens with one attached hydrogen (secondary N) is 2. The van der Waals surface area contributed by atoms with Crippen LogP contribution in [0.15, 0.2) is 54.6 Å². The summed E-state index contributed by atoms with van der Waals surface area (Å²) in [5.41, 5.74) is 12.0. The number of benzene rings is 3. The lowest BCUT2D eigenvalue weighted by atomic mass is 9.98. The van der Waals surface area contributed by atoms with Crippen LogP contribution in [0.1, 0.15) is 81.5 Å². The van der Waals surface area contributed by atoms with Gasteiger partial charge in [0.15, 0.2) is 6.61 Å². The fraction of sp³-hybridized carbons (Fsp3) is 0.389. The molecule has 4 amide bonds. The van der Waals surface area contributed by atoms with Gasteiger partial charge in [0.1, 0.15) is 5.75 Å². The summed E-state index contributed by atoms with van der Waals surface area (Å²) in [6.07, 6.45) is 6.02. The molecule has 0 atom stereocenters. The number of amides is 4. The highest BCUT2D eigenvalue weighted by Gasteiger charge is 2.34. The Morgan fingerprint density at radius 3 is 2.65 bits per heavy atom. The summed E-state index contributed by atoms with van der Waals surface area (Å²) in [6.45, 7) is 4.21. The van der Waals surface area contributed by atoms with Crippen LogP contribution >= 0.6 is 0 Å². The molecule has 4 N–H and O–H groups in total. The minimum atomic E-state index is -0.215. The van der Waals surface area contributed by atoms with Crippen LogP contribution in [-0.2, 0) is 29.1 Å². The third-order valence-corrected chi connectivity index (χ3v) is 8.92. The van der Waals surface area contributed by atoms with Crippen LogP contribution in [0.3, 0.4) is 0 Å². The van der Waals surface area contributed by atoms with Crippen LogP contribution in [0.5, 0.6) is 5.75 Å². The third kappa shape index (κ3) is 7.23. The second-order valence-electron chi connectivity index (χ2n) is 12.5. The zero-order chi connectivity index (χ0) is 32.2. The molecule has 2 heterocycles. The molecule has 10 nitrogen and oxygen atoms in total. The predicted octanol–water partition coefficient (Wildman–Crippen LogP) is 4.79. The van der Waals surface area contributed by atoms with Crippen molar-refractivity contribution in [1.29, 1.82) is 0 Å². The quantitative estimate of drug-likeness (QED) is 0.263. The summed E-state index contributed by atoms with van der Waals surface area (Å²) in [4.78, 5) is 54.9. The monoisotopic (exact) mass is 623 g/mol. The zero-order valence-corrected chi connectivity index (χ0v) is 26.3. The molecule has 0 aromatic heterocycles. The summed E-state index contributed by atoms with van der Waals surface area (Å²) in [7, 11) is 0. The molecule has 240 valence electrons. The van der Waals surface area contributed by atoms with Gasteiger partial charge in [-0.25, -0.2) is 0 Å². The molecule has 1 fully saturated rings. The normalized spacial score (nSPS) is 15.3. The topological polar surface area (TPSA) is 134 Å². The second-order valence-corrected chi connectivity index (χ2v) is 12.5. The van der Waals surface area contributed by atoms with E-state index in [1.165, 1.54) is 0 Å². The highest BCUT2D eigenvalue weighted by molar-refractivity contribution is 6.05. The Balaban J connectivity index is 1.07. The molecule has 3 aromatic rings. The highest BCUT2D eigenvalue weighted by Crippen LogP contribution is 2.33. The molecule has 1 saturated carbocycles. The van der Waals surface area contributed by atoms with Crippen molar-refractivity contribution in [2.24, 2.45) is 5.73 Å². The third-order valence-electron chi connectivity index (χ3n) is 8.92. The number of unbranched alkanes of at least 4 members (excludes halogenated alkanes) is 2. The number of carbonyl (C=O) groups is 4. The van der Waals surface area contributed by atoms with Gasteiger partial charge in [-0.3, -0.25) is 19.2 Å². The van der Waals surface area contributed by atoms with Gasteiger partial charge >= 0.3 is 0 Å². The van der Waals surface area contributed by atoms with E-state index in [4.69, 9.17) is 10.5 Å². The maximum absolute atomic E-state index is 13.6. The van der Waals surface area contributed by atoms with Crippen molar-refractivity contribution < 1.29 is 23.9 Å². The van der Waals surface area contributed by atoms with Crippen molar-refractivity contribution >= 4 is 35.0 Å². The molecular weight excluding hydrogens is 582 g/mol. The summed E-state index contributed by atoms with van der Waals surface area (Å²) >= 11 is 0. The lowest BCUT2D eigenvalue weighted by molar-refractivity contribution is -0.132. The molecule has 0 unspecified atom stereocenters. The molecule has 3 aliphatic rings. The molecule has 1 aliphatic carbocycles. The Bertz CT molecular complexity index is 1670. The lowest BCUT2D eigenvalue weighted by Crippen LogP contribution is -2.35. The number of ether oxygens (including phenoxy) is 1. The summed E-state index contributed by atoms with van der Waals surface area (Å²) < 4.78 is 5.51. The number of fused-ring (bicyclic) bond motifs is 2. The first-order valence-electron chi connectivity index (χ1n) is 16.2. The van der Waals surface area contributed by atoms with Crippen molar-refractivity contribution in [3.05, 3.63) is 88.0 Å². The first-order valence-corrected chi connectivity index (χ1v) is 16.2. The van der Waals surface area contributed by atoms with Gasteiger partial charge in [0.05, 0.1) is 5.69 Å². The molecule has 0 bridgehead atoms. The standard InChI is InChI=1S/C36H41N5O5/c1-23-17-24(20-41(29-10-11-29)36(45)26-8-13-31-32(19-26)46-22-33(42)39-31)6-12-30(23)35(44)38-28-9-7-27-21-40(16-14-25(27)18-28)34(43)5-3-2-4-15-37/h6-9,12-13,17-19,29H,2-5,10-11,14-16,20-22,37H2,1H3,(H,38,44)(H,39,42). The maximum Gasteiger partial charge on any atom is 0.262 e. The number of nitrogens with zero attached hydrogens (tertiary/aromatic N) is 2. The van der Waals surface area contributed by atoms with E-state index < -0.39 is 0 Å². The number of rotatable bonds is 11. The Morgan fingerprint density at radius 2 is 1.87 bits per heavy atom. The van der Waals surface area contributed by atoms with Crippen LogP contribution in [0, 0.1) is 6.92 Å². The van der Waals surface area contributed by atoms with E-state index in [1.54, 1.807) is 18.2 Å². The SMILES string of the molecule is Cc1cc(CN(C(=O)c2ccc3c(c2)OCC(=O)N3)C2CC2)ccc1C(=O)Nc1ccc2c(c1)CCN(C(=O)CCCCCN)C2. The molecule has 10 heteroatoms. The van der Waals surface area contributed by atoms with E-state index in [9.17, 15) is 19.2 Å². The first-order chi connectivity index (χ1) is 22.3. The smallest absolute Gasteiger partial charge is 0.262 e. The van der Waals surface area contributed by atoms with Crippen molar-refractivity contribution in [3.63, 3.8) is 0 Å². The molecule has 3 aromatic carbocycles. The average molecular weight is 624 g/mol. The Hall–Kier alpha value is -4.70. The maximum atomic E-state index is 13.6. The number of anilines is 2.